The van der Waals surface area contributed by atoms with Crippen molar-refractivity contribution in [2.24, 2.45) is 0 Å². The predicted molar refractivity (Wildman–Crippen MR) is 117 cm³/mol. The van der Waals surface area contributed by atoms with E-state index in [1.165, 1.54) is 33.0 Å². The zero-order valence-corrected chi connectivity index (χ0v) is 18.7. The summed E-state index contributed by atoms with van der Waals surface area (Å²) in [6.45, 7) is 2.34. The molecule has 1 unspecified atom stereocenters. The molecular formula is C22H29N3O6. The fourth-order valence-corrected chi connectivity index (χ4v) is 3.35. The van der Waals surface area contributed by atoms with E-state index in [4.69, 9.17) is 14.2 Å². The van der Waals surface area contributed by atoms with Gasteiger partial charge in [-0.3, -0.25) is 14.9 Å². The van der Waals surface area contributed by atoms with E-state index < -0.39 is 16.5 Å². The van der Waals surface area contributed by atoms with Crippen molar-refractivity contribution in [3.05, 3.63) is 57.1 Å². The Kier molecular flexibility index (Phi) is 8.21. The number of carbonyl (C=O) groups excluding carboxylic acids is 1. The normalized spacial score (nSPS) is 11.7. The number of ether oxygens (including phenoxy) is 3. The lowest BCUT2D eigenvalue weighted by Gasteiger charge is -2.25. The monoisotopic (exact) mass is 431 g/mol. The van der Waals surface area contributed by atoms with E-state index in [0.717, 1.165) is 12.0 Å². The number of carbonyl (C=O) groups is 1. The van der Waals surface area contributed by atoms with Gasteiger partial charge in [0.05, 0.1) is 32.3 Å². The van der Waals surface area contributed by atoms with Gasteiger partial charge in [-0.2, -0.15) is 0 Å². The molecule has 31 heavy (non-hydrogen) atoms. The van der Waals surface area contributed by atoms with Gasteiger partial charge in [0.15, 0.2) is 5.75 Å². The van der Waals surface area contributed by atoms with Gasteiger partial charge in [-0.05, 0) is 31.6 Å². The van der Waals surface area contributed by atoms with Gasteiger partial charge in [0, 0.05) is 12.6 Å². The van der Waals surface area contributed by atoms with Gasteiger partial charge in [0.2, 0.25) is 11.5 Å². The molecule has 9 heteroatoms. The van der Waals surface area contributed by atoms with Crippen LogP contribution in [-0.4, -0.2) is 57.7 Å². The zero-order valence-electron chi connectivity index (χ0n) is 18.7. The molecule has 0 fully saturated rings. The summed E-state index contributed by atoms with van der Waals surface area (Å²) in [6.07, 6.45) is 0.939. The Balaban J connectivity index is 2.37. The van der Waals surface area contributed by atoms with Crippen LogP contribution in [-0.2, 0) is 6.42 Å². The number of nitrogens with zero attached hydrogens (tertiary/aromatic N) is 2. The number of amides is 1. The van der Waals surface area contributed by atoms with Crippen LogP contribution in [0.2, 0.25) is 0 Å². The van der Waals surface area contributed by atoms with E-state index in [9.17, 15) is 14.9 Å². The van der Waals surface area contributed by atoms with Crippen molar-refractivity contribution in [3.63, 3.8) is 0 Å². The molecular weight excluding hydrogens is 402 g/mol. The fourth-order valence-electron chi connectivity index (χ4n) is 3.35. The van der Waals surface area contributed by atoms with Gasteiger partial charge in [-0.1, -0.05) is 31.2 Å². The van der Waals surface area contributed by atoms with Crippen molar-refractivity contribution in [2.75, 3.05) is 42.0 Å². The minimum atomic E-state index is -0.664. The zero-order chi connectivity index (χ0) is 23.1. The molecule has 0 saturated carbocycles. The van der Waals surface area contributed by atoms with Crippen molar-refractivity contribution >= 4 is 11.6 Å². The van der Waals surface area contributed by atoms with E-state index in [1.807, 2.05) is 31.1 Å². The standard InChI is InChI=1S/C22H29N3O6/c1-7-14-8-10-15(11-9-14)17(24(2)3)13-23-22(26)16-12-18(29-4)20(30-5)21(31-6)19(16)25(27)28/h8-12,17H,7,13H2,1-6H3,(H,23,26). The lowest BCUT2D eigenvalue weighted by molar-refractivity contribution is -0.386. The minimum absolute atomic E-state index is 0.0513. The van der Waals surface area contributed by atoms with Crippen LogP contribution in [0.4, 0.5) is 5.69 Å². The van der Waals surface area contributed by atoms with Gasteiger partial charge in [0.25, 0.3) is 5.91 Å². The molecule has 0 radical (unpaired) electrons. The van der Waals surface area contributed by atoms with Crippen LogP contribution in [0.15, 0.2) is 30.3 Å². The van der Waals surface area contributed by atoms with E-state index >= 15 is 0 Å². The largest absolute Gasteiger partial charge is 0.493 e. The van der Waals surface area contributed by atoms with Gasteiger partial charge in [-0.15, -0.1) is 0 Å². The molecule has 0 bridgehead atoms. The number of hydrogen-bond donors (Lipinski definition) is 1. The SMILES string of the molecule is CCc1ccc(C(CNC(=O)c2cc(OC)c(OC)c(OC)c2[N+](=O)[O-])N(C)C)cc1. The first-order valence-electron chi connectivity index (χ1n) is 9.79. The molecule has 168 valence electrons. The van der Waals surface area contributed by atoms with Crippen LogP contribution in [0.25, 0.3) is 0 Å². The molecule has 0 aliphatic rings. The van der Waals surface area contributed by atoms with Gasteiger partial charge < -0.3 is 24.4 Å². The first-order chi connectivity index (χ1) is 14.8. The third-order valence-corrected chi connectivity index (χ3v) is 5.08. The summed E-state index contributed by atoms with van der Waals surface area (Å²) in [7, 11) is 7.81. The Morgan fingerprint density at radius 1 is 1.10 bits per heavy atom. The third-order valence-electron chi connectivity index (χ3n) is 5.08. The van der Waals surface area contributed by atoms with Crippen LogP contribution < -0.4 is 19.5 Å². The first kappa shape index (κ1) is 23.9. The average Bonchev–Trinajstić information content (AvgIpc) is 2.77. The van der Waals surface area contributed by atoms with Crippen LogP contribution in [0.5, 0.6) is 17.2 Å². The molecule has 1 atom stereocenters. The van der Waals surface area contributed by atoms with Crippen molar-refractivity contribution in [3.8, 4) is 17.2 Å². The highest BCUT2D eigenvalue weighted by molar-refractivity contribution is 6.00. The van der Waals surface area contributed by atoms with Crippen molar-refractivity contribution in [1.82, 2.24) is 10.2 Å². The van der Waals surface area contributed by atoms with E-state index in [2.05, 4.69) is 24.4 Å². The topological polar surface area (TPSA) is 103 Å². The Morgan fingerprint density at radius 3 is 2.16 bits per heavy atom. The molecule has 0 aromatic heterocycles. The van der Waals surface area contributed by atoms with Crippen LogP contribution in [0, 0.1) is 10.1 Å². The molecule has 9 nitrogen and oxygen atoms in total. The van der Waals surface area contributed by atoms with E-state index in [0.29, 0.717) is 0 Å². The Bertz CT molecular complexity index is 928. The van der Waals surface area contributed by atoms with Crippen molar-refractivity contribution in [1.29, 1.82) is 0 Å². The molecule has 0 heterocycles. The number of nitro groups is 1. The Labute approximate surface area is 182 Å². The minimum Gasteiger partial charge on any atom is -0.493 e. The maximum atomic E-state index is 13.0. The van der Waals surface area contributed by atoms with Gasteiger partial charge >= 0.3 is 5.69 Å². The molecule has 2 rings (SSSR count). The number of benzene rings is 2. The number of likely N-dealkylation sites (N-methyl/N-ethyl adjacent to an activating group) is 1. The van der Waals surface area contributed by atoms with Crippen molar-refractivity contribution < 1.29 is 23.9 Å². The summed E-state index contributed by atoms with van der Waals surface area (Å²) in [5.41, 5.74) is 1.60. The second kappa shape index (κ2) is 10.6. The summed E-state index contributed by atoms with van der Waals surface area (Å²) in [5.74, 6) is -0.566. The highest BCUT2D eigenvalue weighted by Gasteiger charge is 2.32. The number of nitro benzene ring substituents is 1. The molecule has 2 aromatic rings. The summed E-state index contributed by atoms with van der Waals surface area (Å²) in [5, 5.41) is 14.5. The van der Waals surface area contributed by atoms with Crippen LogP contribution in [0.3, 0.4) is 0 Å². The molecule has 0 saturated heterocycles. The van der Waals surface area contributed by atoms with Crippen LogP contribution >= 0.6 is 0 Å². The lowest BCUT2D eigenvalue weighted by Crippen LogP contribution is -2.34. The number of aryl methyl sites for hydroxylation is 1. The first-order valence-corrected chi connectivity index (χ1v) is 9.79. The van der Waals surface area contributed by atoms with Gasteiger partial charge in [-0.25, -0.2) is 0 Å². The summed E-state index contributed by atoms with van der Waals surface area (Å²) in [6, 6.07) is 9.33. The molecule has 2 aromatic carbocycles. The number of rotatable bonds is 10. The number of hydrogen-bond acceptors (Lipinski definition) is 7. The van der Waals surface area contributed by atoms with E-state index in [1.54, 1.807) is 0 Å². The second-order valence-electron chi connectivity index (χ2n) is 7.08. The second-order valence-corrected chi connectivity index (χ2v) is 7.08. The third kappa shape index (κ3) is 5.24. The van der Waals surface area contributed by atoms with Gasteiger partial charge in [0.1, 0.15) is 5.56 Å². The highest BCUT2D eigenvalue weighted by atomic mass is 16.6. The fraction of sp³-hybridized carbons (Fsp3) is 0.409. The summed E-state index contributed by atoms with van der Waals surface area (Å²) < 4.78 is 15.6. The number of nitrogens with one attached hydrogen (secondary N) is 1. The average molecular weight is 431 g/mol. The smallest absolute Gasteiger partial charge is 0.327 e. The number of methoxy groups -OCH3 is 3. The molecule has 0 spiro atoms. The van der Waals surface area contributed by atoms with E-state index in [-0.39, 0.29) is 35.4 Å². The Hall–Kier alpha value is -3.33. The van der Waals surface area contributed by atoms with Crippen molar-refractivity contribution in [2.45, 2.75) is 19.4 Å². The summed E-state index contributed by atoms with van der Waals surface area (Å²) in [4.78, 5) is 26.0. The predicted octanol–water partition coefficient (Wildman–Crippen LogP) is 3.22. The highest BCUT2D eigenvalue weighted by Crippen LogP contribution is 2.46. The summed E-state index contributed by atoms with van der Waals surface area (Å²) >= 11 is 0. The van der Waals surface area contributed by atoms with Crippen LogP contribution in [0.1, 0.15) is 34.5 Å². The maximum Gasteiger partial charge on any atom is 0.327 e. The Morgan fingerprint density at radius 2 is 1.71 bits per heavy atom. The molecule has 1 N–H and O–H groups in total. The molecule has 1 amide bonds. The molecule has 0 aliphatic carbocycles. The lowest BCUT2D eigenvalue weighted by atomic mass is 10.0. The maximum absolute atomic E-state index is 13.0. The quantitative estimate of drug-likeness (QED) is 0.455. The molecule has 0 aliphatic heterocycles.